The van der Waals surface area contributed by atoms with Gasteiger partial charge in [0.25, 0.3) is 0 Å². The molecule has 2 aromatic rings. The first-order valence-corrected chi connectivity index (χ1v) is 9.87. The summed E-state index contributed by atoms with van der Waals surface area (Å²) in [5, 5.41) is 6.80. The molecule has 0 radical (unpaired) electrons. The van der Waals surface area contributed by atoms with Crippen LogP contribution in [0.1, 0.15) is 36.6 Å². The van der Waals surface area contributed by atoms with Crippen LogP contribution < -0.4 is 10.6 Å². The first-order chi connectivity index (χ1) is 13.5. The number of likely N-dealkylation sites (tertiary alicyclic amines) is 1. The van der Waals surface area contributed by atoms with E-state index in [4.69, 9.17) is 4.74 Å². The lowest BCUT2D eigenvalue weighted by molar-refractivity contribution is 0.0983. The Hall–Kier alpha value is -2.83. The third-order valence-electron chi connectivity index (χ3n) is 4.76. The highest BCUT2D eigenvalue weighted by Crippen LogP contribution is 2.18. The molecule has 7 nitrogen and oxygen atoms in total. The second kappa shape index (κ2) is 9.39. The summed E-state index contributed by atoms with van der Waals surface area (Å²) in [7, 11) is 0. The van der Waals surface area contributed by atoms with Gasteiger partial charge in [0.1, 0.15) is 5.82 Å². The van der Waals surface area contributed by atoms with Gasteiger partial charge in [0, 0.05) is 37.4 Å². The number of nitrogens with zero attached hydrogens (tertiary/aromatic N) is 3. The molecule has 1 saturated heterocycles. The van der Waals surface area contributed by atoms with E-state index < -0.39 is 0 Å². The molecule has 0 aliphatic carbocycles. The van der Waals surface area contributed by atoms with Crippen molar-refractivity contribution in [3.05, 3.63) is 47.2 Å². The van der Waals surface area contributed by atoms with Crippen molar-refractivity contribution in [2.24, 2.45) is 0 Å². The molecule has 2 N–H and O–H groups in total. The van der Waals surface area contributed by atoms with Gasteiger partial charge in [-0.3, -0.25) is 0 Å². The van der Waals surface area contributed by atoms with E-state index in [2.05, 4.69) is 51.8 Å². The minimum Gasteiger partial charge on any atom is -0.450 e. The average molecular weight is 383 g/mol. The van der Waals surface area contributed by atoms with Gasteiger partial charge >= 0.3 is 6.09 Å². The summed E-state index contributed by atoms with van der Waals surface area (Å²) in [4.78, 5) is 22.7. The molecule has 0 atom stereocenters. The first-order valence-electron chi connectivity index (χ1n) is 9.87. The Morgan fingerprint density at radius 3 is 2.71 bits per heavy atom. The Morgan fingerprint density at radius 1 is 1.21 bits per heavy atom. The smallest absolute Gasteiger partial charge is 0.409 e. The zero-order valence-electron chi connectivity index (χ0n) is 16.9. The van der Waals surface area contributed by atoms with Gasteiger partial charge in [0.15, 0.2) is 0 Å². The van der Waals surface area contributed by atoms with Gasteiger partial charge in [-0.15, -0.1) is 0 Å². The standard InChI is InChI=1S/C21H29N5O2/c1-4-28-21(27)26-10-8-18(9-11-26)24-19-13-16(3)23-20(25-19)22-14-17-7-5-6-15(2)12-17/h5-7,12-13,18H,4,8-11,14H2,1-3H3,(H2,22,23,24,25). The van der Waals surface area contributed by atoms with Gasteiger partial charge in [-0.2, -0.15) is 4.98 Å². The molecule has 7 heteroatoms. The molecular formula is C21H29N5O2. The van der Waals surface area contributed by atoms with E-state index in [9.17, 15) is 4.79 Å². The Kier molecular flexibility index (Phi) is 6.68. The fourth-order valence-corrected chi connectivity index (χ4v) is 3.36. The number of piperidine rings is 1. The van der Waals surface area contributed by atoms with E-state index in [-0.39, 0.29) is 12.1 Å². The maximum atomic E-state index is 11.8. The van der Waals surface area contributed by atoms with Crippen LogP contribution in [0.25, 0.3) is 0 Å². The fourth-order valence-electron chi connectivity index (χ4n) is 3.36. The van der Waals surface area contributed by atoms with Gasteiger partial charge in [-0.25, -0.2) is 9.78 Å². The number of anilines is 2. The highest BCUT2D eigenvalue weighted by atomic mass is 16.6. The second-order valence-corrected chi connectivity index (χ2v) is 7.17. The molecule has 0 bridgehead atoms. The SMILES string of the molecule is CCOC(=O)N1CCC(Nc2cc(C)nc(NCc3cccc(C)c3)n2)CC1. The molecule has 1 aromatic carbocycles. The monoisotopic (exact) mass is 383 g/mol. The molecule has 28 heavy (non-hydrogen) atoms. The van der Waals surface area contributed by atoms with Gasteiger partial charge in [0.2, 0.25) is 5.95 Å². The maximum Gasteiger partial charge on any atom is 0.409 e. The number of benzene rings is 1. The molecule has 0 spiro atoms. The summed E-state index contributed by atoms with van der Waals surface area (Å²) >= 11 is 0. The van der Waals surface area contributed by atoms with Gasteiger partial charge in [0.05, 0.1) is 6.61 Å². The number of aryl methyl sites for hydroxylation is 2. The van der Waals surface area contributed by atoms with Gasteiger partial charge in [-0.05, 0) is 39.2 Å². The van der Waals surface area contributed by atoms with E-state index in [1.807, 2.05) is 19.9 Å². The van der Waals surface area contributed by atoms with Crippen molar-refractivity contribution in [3.63, 3.8) is 0 Å². The Balaban J connectivity index is 1.56. The molecule has 3 rings (SSSR count). The highest BCUT2D eigenvalue weighted by Gasteiger charge is 2.23. The van der Waals surface area contributed by atoms with Crippen LogP contribution in [0.15, 0.2) is 30.3 Å². The topological polar surface area (TPSA) is 79.4 Å². The largest absolute Gasteiger partial charge is 0.450 e. The minimum atomic E-state index is -0.221. The Morgan fingerprint density at radius 2 is 2.00 bits per heavy atom. The van der Waals surface area contributed by atoms with E-state index in [0.29, 0.717) is 32.2 Å². The van der Waals surface area contributed by atoms with Crippen LogP contribution in [0.5, 0.6) is 0 Å². The number of amides is 1. The maximum absolute atomic E-state index is 11.8. The number of rotatable bonds is 6. The van der Waals surface area contributed by atoms with Crippen LogP contribution in [-0.2, 0) is 11.3 Å². The minimum absolute atomic E-state index is 0.221. The number of aromatic nitrogens is 2. The second-order valence-electron chi connectivity index (χ2n) is 7.17. The molecular weight excluding hydrogens is 354 g/mol. The molecule has 1 amide bonds. The van der Waals surface area contributed by atoms with Crippen molar-refractivity contribution in [2.75, 3.05) is 30.3 Å². The highest BCUT2D eigenvalue weighted by molar-refractivity contribution is 5.67. The van der Waals surface area contributed by atoms with E-state index in [0.717, 1.165) is 24.4 Å². The quantitative estimate of drug-likeness (QED) is 0.791. The number of carbonyl (C=O) groups is 1. The van der Waals surface area contributed by atoms with Crippen molar-refractivity contribution < 1.29 is 9.53 Å². The van der Waals surface area contributed by atoms with Crippen LogP contribution in [0.2, 0.25) is 0 Å². The summed E-state index contributed by atoms with van der Waals surface area (Å²) in [6, 6.07) is 10.6. The number of hydrogen-bond acceptors (Lipinski definition) is 6. The first kappa shape index (κ1) is 19.9. The lowest BCUT2D eigenvalue weighted by atomic mass is 10.1. The number of nitrogens with one attached hydrogen (secondary N) is 2. The van der Waals surface area contributed by atoms with Crippen molar-refractivity contribution in [3.8, 4) is 0 Å². The number of ether oxygens (including phenoxy) is 1. The van der Waals surface area contributed by atoms with Gasteiger partial charge in [-0.1, -0.05) is 29.8 Å². The third kappa shape index (κ3) is 5.58. The lowest BCUT2D eigenvalue weighted by Crippen LogP contribution is -2.42. The molecule has 1 aliphatic heterocycles. The van der Waals surface area contributed by atoms with Crippen molar-refractivity contribution in [1.82, 2.24) is 14.9 Å². The molecule has 2 heterocycles. The molecule has 1 aliphatic rings. The Bertz CT molecular complexity index is 803. The third-order valence-corrected chi connectivity index (χ3v) is 4.76. The molecule has 0 unspecified atom stereocenters. The van der Waals surface area contributed by atoms with Crippen molar-refractivity contribution in [2.45, 2.75) is 46.2 Å². The normalized spacial score (nSPS) is 14.6. The van der Waals surface area contributed by atoms with Gasteiger partial charge < -0.3 is 20.3 Å². The van der Waals surface area contributed by atoms with Crippen molar-refractivity contribution in [1.29, 1.82) is 0 Å². The van der Waals surface area contributed by atoms with Crippen LogP contribution in [0.3, 0.4) is 0 Å². The number of carbonyl (C=O) groups excluding carboxylic acids is 1. The zero-order chi connectivity index (χ0) is 19.9. The van der Waals surface area contributed by atoms with E-state index in [1.54, 1.807) is 4.90 Å². The fraction of sp³-hybridized carbons (Fsp3) is 0.476. The van der Waals surface area contributed by atoms with Crippen LogP contribution >= 0.6 is 0 Å². The van der Waals surface area contributed by atoms with Crippen LogP contribution in [0, 0.1) is 13.8 Å². The Labute approximate surface area is 166 Å². The number of hydrogen-bond donors (Lipinski definition) is 2. The molecule has 150 valence electrons. The predicted molar refractivity (Wildman–Crippen MR) is 111 cm³/mol. The summed E-state index contributed by atoms with van der Waals surface area (Å²) in [6.07, 6.45) is 1.52. The van der Waals surface area contributed by atoms with Crippen LogP contribution in [0.4, 0.5) is 16.6 Å². The summed E-state index contributed by atoms with van der Waals surface area (Å²) in [6.45, 7) is 8.36. The van der Waals surface area contributed by atoms with Crippen LogP contribution in [-0.4, -0.2) is 46.7 Å². The summed E-state index contributed by atoms with van der Waals surface area (Å²) in [5.41, 5.74) is 3.35. The lowest BCUT2D eigenvalue weighted by Gasteiger charge is -2.31. The summed E-state index contributed by atoms with van der Waals surface area (Å²) in [5.74, 6) is 1.43. The van der Waals surface area contributed by atoms with E-state index in [1.165, 1.54) is 11.1 Å². The molecule has 1 fully saturated rings. The average Bonchev–Trinajstić information content (AvgIpc) is 2.67. The summed E-state index contributed by atoms with van der Waals surface area (Å²) < 4.78 is 5.07. The molecule has 1 aromatic heterocycles. The van der Waals surface area contributed by atoms with Crippen molar-refractivity contribution >= 4 is 17.9 Å². The predicted octanol–water partition coefficient (Wildman–Crippen LogP) is 3.74. The molecule has 0 saturated carbocycles. The van der Waals surface area contributed by atoms with E-state index >= 15 is 0 Å². The zero-order valence-corrected chi connectivity index (χ0v) is 16.9.